The van der Waals surface area contributed by atoms with Crippen LogP contribution in [-0.2, 0) is 14.3 Å². The first-order chi connectivity index (χ1) is 15.1. The number of hydrogen-bond donors (Lipinski definition) is 2. The van der Waals surface area contributed by atoms with Gasteiger partial charge < -0.3 is 19.7 Å². The Hall–Kier alpha value is -1.97. The Morgan fingerprint density at radius 2 is 2.03 bits per heavy atom. The van der Waals surface area contributed by atoms with Crippen molar-refractivity contribution in [3.8, 4) is 0 Å². The Kier molecular flexibility index (Phi) is 5.88. The molecule has 0 spiro atoms. The van der Waals surface area contributed by atoms with Gasteiger partial charge >= 0.3 is 5.97 Å². The predicted molar refractivity (Wildman–Crippen MR) is 119 cm³/mol. The molecular formula is C26H35NO5. The van der Waals surface area contributed by atoms with Crippen molar-refractivity contribution in [1.82, 2.24) is 0 Å². The average molecular weight is 442 g/mol. The van der Waals surface area contributed by atoms with E-state index >= 15 is 0 Å². The van der Waals surface area contributed by atoms with Crippen LogP contribution in [0.25, 0.3) is 4.85 Å². The van der Waals surface area contributed by atoms with E-state index in [0.29, 0.717) is 12.8 Å². The molecule has 0 aromatic heterocycles. The van der Waals surface area contributed by atoms with Gasteiger partial charge in [0.15, 0.2) is 5.78 Å². The second kappa shape index (κ2) is 8.11. The summed E-state index contributed by atoms with van der Waals surface area (Å²) in [4.78, 5) is 27.5. The van der Waals surface area contributed by atoms with Crippen LogP contribution in [0, 0.1) is 47.0 Å². The van der Waals surface area contributed by atoms with E-state index in [9.17, 15) is 19.8 Å². The normalized spacial score (nSPS) is 43.7. The minimum absolute atomic E-state index is 0.0143. The van der Waals surface area contributed by atoms with Gasteiger partial charge in [0.2, 0.25) is 5.70 Å². The summed E-state index contributed by atoms with van der Waals surface area (Å²) in [6.07, 6.45) is 6.19. The van der Waals surface area contributed by atoms with Gasteiger partial charge in [-0.05, 0) is 60.7 Å². The molecule has 0 unspecified atom stereocenters. The largest absolute Gasteiger partial charge is 0.469 e. The number of ketones is 1. The van der Waals surface area contributed by atoms with Crippen molar-refractivity contribution in [3.63, 3.8) is 0 Å². The van der Waals surface area contributed by atoms with E-state index in [2.05, 4.69) is 25.6 Å². The van der Waals surface area contributed by atoms with E-state index in [-0.39, 0.29) is 58.9 Å². The van der Waals surface area contributed by atoms with Gasteiger partial charge in [-0.1, -0.05) is 38.5 Å². The van der Waals surface area contributed by atoms with Gasteiger partial charge in [-0.25, -0.2) is 4.85 Å². The number of hydrogen-bond acceptors (Lipinski definition) is 5. The first-order valence-corrected chi connectivity index (χ1v) is 11.9. The van der Waals surface area contributed by atoms with Crippen molar-refractivity contribution >= 4 is 11.8 Å². The fourth-order valence-corrected chi connectivity index (χ4v) is 7.86. The van der Waals surface area contributed by atoms with Crippen molar-refractivity contribution < 1.29 is 24.5 Å². The molecule has 0 amide bonds. The van der Waals surface area contributed by atoms with E-state index in [0.717, 1.165) is 24.8 Å². The van der Waals surface area contributed by atoms with Crippen molar-refractivity contribution in [2.75, 3.05) is 7.11 Å². The number of carbonyl (C=O) groups excluding carboxylic acids is 2. The molecule has 0 aliphatic heterocycles. The molecule has 0 saturated heterocycles. The predicted octanol–water partition coefficient (Wildman–Crippen LogP) is 3.69. The molecule has 0 aromatic rings. The van der Waals surface area contributed by atoms with Crippen LogP contribution >= 0.6 is 0 Å². The summed E-state index contributed by atoms with van der Waals surface area (Å²) >= 11 is 0. The van der Waals surface area contributed by atoms with Crippen molar-refractivity contribution in [2.24, 2.45) is 40.4 Å². The van der Waals surface area contributed by atoms with Crippen LogP contribution in [0.4, 0.5) is 0 Å². The van der Waals surface area contributed by atoms with Crippen LogP contribution in [0.2, 0.25) is 0 Å². The molecule has 4 rings (SSSR count). The molecular weight excluding hydrogens is 406 g/mol. The highest BCUT2D eigenvalue weighted by Crippen LogP contribution is 2.66. The highest BCUT2D eigenvalue weighted by atomic mass is 16.5. The average Bonchev–Trinajstić information content (AvgIpc) is 3.12. The van der Waals surface area contributed by atoms with E-state index < -0.39 is 17.6 Å². The lowest BCUT2D eigenvalue weighted by molar-refractivity contribution is -0.150. The maximum absolute atomic E-state index is 12.3. The third-order valence-electron chi connectivity index (χ3n) is 9.65. The monoisotopic (exact) mass is 441 g/mol. The summed E-state index contributed by atoms with van der Waals surface area (Å²) in [5, 5.41) is 22.8. The minimum atomic E-state index is -0.653. The first-order valence-electron chi connectivity index (χ1n) is 11.9. The second-order valence-corrected chi connectivity index (χ2v) is 10.9. The fraction of sp³-hybridized carbons (Fsp3) is 0.731. The summed E-state index contributed by atoms with van der Waals surface area (Å²) in [6.45, 7) is 13.8. The summed E-state index contributed by atoms with van der Waals surface area (Å²) in [5.41, 5.74) is 0.244. The van der Waals surface area contributed by atoms with E-state index in [1.807, 2.05) is 12.2 Å². The molecule has 2 N–H and O–H groups in total. The second-order valence-electron chi connectivity index (χ2n) is 10.9. The molecule has 0 radical (unpaired) electrons. The zero-order valence-corrected chi connectivity index (χ0v) is 19.5. The highest BCUT2D eigenvalue weighted by Gasteiger charge is 2.64. The third kappa shape index (κ3) is 3.28. The van der Waals surface area contributed by atoms with Crippen LogP contribution in [-0.4, -0.2) is 41.3 Å². The molecule has 2 saturated carbocycles. The number of ether oxygens (including phenoxy) is 1. The number of aliphatic hydroxyl groups is 2. The Bertz CT molecular complexity index is 916. The molecule has 4 aliphatic rings. The number of Topliss-reactive ketones (excluding diaryl/α,β-unsaturated/α-hetero) is 1. The van der Waals surface area contributed by atoms with E-state index in [4.69, 9.17) is 11.3 Å². The maximum atomic E-state index is 12.3. The number of nitrogens with zero attached hydrogens (tertiary/aromatic N) is 1. The van der Waals surface area contributed by atoms with Crippen LogP contribution in [0.15, 0.2) is 23.4 Å². The van der Waals surface area contributed by atoms with Gasteiger partial charge in [-0.2, -0.15) is 0 Å². The van der Waals surface area contributed by atoms with Crippen LogP contribution in [0.1, 0.15) is 59.3 Å². The molecule has 0 heterocycles. The fourth-order valence-electron chi connectivity index (χ4n) is 7.86. The molecule has 4 aliphatic carbocycles. The van der Waals surface area contributed by atoms with E-state index in [1.165, 1.54) is 7.11 Å². The third-order valence-corrected chi connectivity index (χ3v) is 9.65. The zero-order valence-electron chi connectivity index (χ0n) is 19.5. The lowest BCUT2D eigenvalue weighted by Gasteiger charge is -2.59. The summed E-state index contributed by atoms with van der Waals surface area (Å²) in [5.74, 6) is 0.249. The standard InChI is InChI=1S/C26H35NO5/c1-14(6-9-23(31)32-5)16-7-8-17-24-18(12-22(30)26(16,17)3)25(2)13-19(27-4)20(28)10-15(25)11-21(24)29/h11,13-14,16-18,21-22,24,29-30H,6-10,12H2,1-3,5H3/t14-,16-,17+,18+,21-,22+,24+,25+,26-/m1/s1. The maximum Gasteiger partial charge on any atom is 0.305 e. The highest BCUT2D eigenvalue weighted by molar-refractivity contribution is 6.00. The Labute approximate surface area is 190 Å². The number of allylic oxidation sites excluding steroid dienone is 3. The Balaban J connectivity index is 1.67. The zero-order chi connectivity index (χ0) is 23.4. The number of carbonyl (C=O) groups is 2. The van der Waals surface area contributed by atoms with Crippen LogP contribution in [0.3, 0.4) is 0 Å². The molecule has 9 atom stereocenters. The van der Waals surface area contributed by atoms with Gasteiger partial charge in [-0.3, -0.25) is 4.79 Å². The van der Waals surface area contributed by atoms with Crippen LogP contribution in [0.5, 0.6) is 0 Å². The molecule has 2 fully saturated rings. The topological polar surface area (TPSA) is 88.2 Å². The van der Waals surface area contributed by atoms with Crippen molar-refractivity contribution in [3.05, 3.63) is 34.8 Å². The summed E-state index contributed by atoms with van der Waals surface area (Å²) < 4.78 is 4.81. The minimum Gasteiger partial charge on any atom is -0.469 e. The van der Waals surface area contributed by atoms with E-state index in [1.54, 1.807) is 0 Å². The number of aliphatic hydroxyl groups excluding tert-OH is 2. The van der Waals surface area contributed by atoms with Crippen molar-refractivity contribution in [1.29, 1.82) is 0 Å². The number of esters is 1. The van der Waals surface area contributed by atoms with Gasteiger partial charge in [0, 0.05) is 18.3 Å². The van der Waals surface area contributed by atoms with Gasteiger partial charge in [0.05, 0.1) is 25.9 Å². The molecule has 32 heavy (non-hydrogen) atoms. The quantitative estimate of drug-likeness (QED) is 0.395. The molecule has 174 valence electrons. The molecule has 0 aromatic carbocycles. The SMILES string of the molecule is [C-]#[N+]C1=C[C@@]2(C)C(=C[C@@H](O)[C@H]3[C@@H]4CC[C@H]([C@H](C)CCC(=O)OC)[C@@]4(C)[C@@H](O)C[C@@H]32)CC1=O. The van der Waals surface area contributed by atoms with Crippen LogP contribution < -0.4 is 0 Å². The number of fused-ring (bicyclic) bond motifs is 5. The lowest BCUT2D eigenvalue weighted by Crippen LogP contribution is -2.59. The summed E-state index contributed by atoms with van der Waals surface area (Å²) in [7, 11) is 1.41. The Morgan fingerprint density at radius 3 is 2.69 bits per heavy atom. The molecule has 0 bridgehead atoms. The van der Waals surface area contributed by atoms with Crippen molar-refractivity contribution in [2.45, 2.75) is 71.5 Å². The Morgan fingerprint density at radius 1 is 1.31 bits per heavy atom. The molecule has 6 nitrogen and oxygen atoms in total. The summed E-state index contributed by atoms with van der Waals surface area (Å²) in [6, 6.07) is 0. The number of rotatable bonds is 4. The van der Waals surface area contributed by atoms with Gasteiger partial charge in [-0.15, -0.1) is 0 Å². The number of methoxy groups -OCH3 is 1. The van der Waals surface area contributed by atoms with Gasteiger partial charge in [0.1, 0.15) is 0 Å². The lowest BCUT2D eigenvalue weighted by atomic mass is 9.46. The smallest absolute Gasteiger partial charge is 0.305 e. The first kappa shape index (κ1) is 23.2. The molecule has 6 heteroatoms. The van der Waals surface area contributed by atoms with Gasteiger partial charge in [0.25, 0.3) is 0 Å².